The number of pyridine rings is 1. The van der Waals surface area contributed by atoms with Gasteiger partial charge in [0.25, 0.3) is 0 Å². The Labute approximate surface area is 149 Å². The number of sulfonamides is 1. The maximum Gasteiger partial charge on any atom is 0.243 e. The Morgan fingerprint density at radius 1 is 1.25 bits per heavy atom. The molecule has 2 heterocycles. The quantitative estimate of drug-likeness (QED) is 0.902. The Hall–Kier alpha value is -1.21. The highest BCUT2D eigenvalue weighted by Gasteiger charge is 2.31. The van der Waals surface area contributed by atoms with Crippen LogP contribution in [0.1, 0.15) is 25.3 Å². The summed E-state index contributed by atoms with van der Waals surface area (Å²) in [4.78, 5) is 4.69. The maximum atomic E-state index is 13.1. The molecule has 132 valence electrons. The molecule has 1 aliphatic heterocycles. The summed E-state index contributed by atoms with van der Waals surface area (Å²) in [5.74, 6) is 0.401. The molecule has 0 aliphatic carbocycles. The van der Waals surface area contributed by atoms with E-state index in [1.807, 2.05) is 26.0 Å². The van der Waals surface area contributed by atoms with Crippen molar-refractivity contribution in [2.75, 3.05) is 13.1 Å². The number of aromatic nitrogens is 1. The van der Waals surface area contributed by atoms with E-state index in [4.69, 9.17) is 5.73 Å². The lowest BCUT2D eigenvalue weighted by atomic mass is 9.92. The molecule has 1 aliphatic rings. The van der Waals surface area contributed by atoms with Crippen molar-refractivity contribution in [1.29, 1.82) is 0 Å². The fourth-order valence-corrected chi connectivity index (χ4v) is 4.95. The Morgan fingerprint density at radius 3 is 2.54 bits per heavy atom. The third-order valence-electron chi connectivity index (χ3n) is 4.79. The van der Waals surface area contributed by atoms with Crippen molar-refractivity contribution in [1.82, 2.24) is 9.29 Å². The zero-order valence-corrected chi connectivity index (χ0v) is 15.6. The van der Waals surface area contributed by atoms with Gasteiger partial charge in [-0.1, -0.05) is 6.07 Å². The molecule has 1 fully saturated rings. The van der Waals surface area contributed by atoms with Crippen molar-refractivity contribution in [3.8, 4) is 0 Å². The number of fused-ring (bicyclic) bond motifs is 1. The van der Waals surface area contributed by atoms with Gasteiger partial charge < -0.3 is 5.73 Å². The lowest BCUT2D eigenvalue weighted by Crippen LogP contribution is -2.42. The second-order valence-corrected chi connectivity index (χ2v) is 8.29. The molecule has 1 saturated heterocycles. The van der Waals surface area contributed by atoms with E-state index < -0.39 is 10.0 Å². The van der Waals surface area contributed by atoms with E-state index in [2.05, 4.69) is 4.98 Å². The number of nitrogens with zero attached hydrogens (tertiary/aromatic N) is 2. The molecular weight excluding hydrogens is 346 g/mol. The summed E-state index contributed by atoms with van der Waals surface area (Å²) < 4.78 is 27.7. The number of piperidine rings is 1. The number of rotatable bonds is 3. The topological polar surface area (TPSA) is 76.3 Å². The van der Waals surface area contributed by atoms with E-state index in [9.17, 15) is 8.42 Å². The van der Waals surface area contributed by atoms with Gasteiger partial charge in [0, 0.05) is 30.7 Å². The zero-order chi connectivity index (χ0) is 16.6. The van der Waals surface area contributed by atoms with E-state index in [0.717, 1.165) is 23.9 Å². The molecule has 1 atom stereocenters. The summed E-state index contributed by atoms with van der Waals surface area (Å²) in [7, 11) is -3.50. The van der Waals surface area contributed by atoms with Crippen LogP contribution in [0.4, 0.5) is 0 Å². The highest BCUT2D eigenvalue weighted by molar-refractivity contribution is 7.89. The lowest BCUT2D eigenvalue weighted by molar-refractivity contribution is 0.251. The molecule has 1 aromatic heterocycles. The average molecular weight is 370 g/mol. The van der Waals surface area contributed by atoms with E-state index in [1.54, 1.807) is 22.6 Å². The van der Waals surface area contributed by atoms with Crippen LogP contribution in [0.3, 0.4) is 0 Å². The van der Waals surface area contributed by atoms with Crippen LogP contribution in [0.25, 0.3) is 10.9 Å². The summed E-state index contributed by atoms with van der Waals surface area (Å²) in [6, 6.07) is 7.26. The first kappa shape index (κ1) is 19.1. The van der Waals surface area contributed by atoms with Gasteiger partial charge >= 0.3 is 0 Å². The van der Waals surface area contributed by atoms with Crippen LogP contribution in [-0.2, 0) is 10.0 Å². The number of aryl methyl sites for hydroxylation is 1. The summed E-state index contributed by atoms with van der Waals surface area (Å²) in [6.45, 7) is 5.00. The van der Waals surface area contributed by atoms with E-state index in [0.29, 0.717) is 29.3 Å². The summed E-state index contributed by atoms with van der Waals surface area (Å²) >= 11 is 0. The predicted molar refractivity (Wildman–Crippen MR) is 98.9 cm³/mol. The van der Waals surface area contributed by atoms with Gasteiger partial charge in [-0.05, 0) is 56.4 Å². The first-order chi connectivity index (χ1) is 10.9. The van der Waals surface area contributed by atoms with Crippen molar-refractivity contribution in [3.63, 3.8) is 0 Å². The fourth-order valence-electron chi connectivity index (χ4n) is 3.29. The normalized spacial score (nSPS) is 18.3. The third-order valence-corrected chi connectivity index (χ3v) is 6.75. The molecule has 24 heavy (non-hydrogen) atoms. The summed E-state index contributed by atoms with van der Waals surface area (Å²) in [5.41, 5.74) is 7.68. The van der Waals surface area contributed by atoms with Crippen molar-refractivity contribution in [3.05, 3.63) is 36.0 Å². The average Bonchev–Trinajstić information content (AvgIpc) is 2.55. The molecule has 5 nitrogen and oxygen atoms in total. The summed E-state index contributed by atoms with van der Waals surface area (Å²) in [5, 5.41) is 0.696. The largest absolute Gasteiger partial charge is 0.328 e. The monoisotopic (exact) mass is 369 g/mol. The highest BCUT2D eigenvalue weighted by atomic mass is 35.5. The fraction of sp³-hybridized carbons (Fsp3) is 0.471. The van der Waals surface area contributed by atoms with Gasteiger partial charge in [0.2, 0.25) is 10.0 Å². The maximum absolute atomic E-state index is 13.1. The van der Waals surface area contributed by atoms with Gasteiger partial charge in [-0.3, -0.25) is 4.98 Å². The number of halogens is 1. The van der Waals surface area contributed by atoms with Crippen LogP contribution in [-0.4, -0.2) is 36.8 Å². The highest BCUT2D eigenvalue weighted by Crippen LogP contribution is 2.30. The van der Waals surface area contributed by atoms with Gasteiger partial charge in [-0.2, -0.15) is 4.31 Å². The van der Waals surface area contributed by atoms with E-state index in [1.165, 1.54) is 0 Å². The molecule has 0 bridgehead atoms. The van der Waals surface area contributed by atoms with Crippen LogP contribution in [0, 0.1) is 12.8 Å². The van der Waals surface area contributed by atoms with Gasteiger partial charge in [0.1, 0.15) is 0 Å². The Bertz CT molecular complexity index is 816. The molecule has 2 aromatic rings. The van der Waals surface area contributed by atoms with Crippen LogP contribution in [0.5, 0.6) is 0 Å². The van der Waals surface area contributed by atoms with E-state index in [-0.39, 0.29) is 18.4 Å². The minimum absolute atomic E-state index is 0. The molecule has 7 heteroatoms. The van der Waals surface area contributed by atoms with Gasteiger partial charge in [-0.25, -0.2) is 8.42 Å². The smallest absolute Gasteiger partial charge is 0.243 e. The van der Waals surface area contributed by atoms with Gasteiger partial charge in [0.05, 0.1) is 10.4 Å². The molecule has 1 aromatic carbocycles. The van der Waals surface area contributed by atoms with Crippen molar-refractivity contribution < 1.29 is 8.42 Å². The number of benzene rings is 1. The second-order valence-electron chi connectivity index (χ2n) is 6.38. The molecule has 0 radical (unpaired) electrons. The molecule has 0 saturated carbocycles. The van der Waals surface area contributed by atoms with Gasteiger partial charge in [0.15, 0.2) is 0 Å². The Kier molecular flexibility index (Phi) is 5.86. The molecule has 0 spiro atoms. The Balaban J connectivity index is 0.00000208. The van der Waals surface area contributed by atoms with Crippen LogP contribution >= 0.6 is 12.4 Å². The minimum Gasteiger partial charge on any atom is -0.328 e. The predicted octanol–water partition coefficient (Wildman–Crippen LogP) is 2.71. The first-order valence-electron chi connectivity index (χ1n) is 8.01. The van der Waals surface area contributed by atoms with Crippen molar-refractivity contribution in [2.45, 2.75) is 37.6 Å². The zero-order valence-electron chi connectivity index (χ0n) is 14.0. The molecule has 1 unspecified atom stereocenters. The molecule has 3 rings (SSSR count). The summed E-state index contributed by atoms with van der Waals surface area (Å²) in [6.07, 6.45) is 3.33. The number of hydrogen-bond acceptors (Lipinski definition) is 4. The van der Waals surface area contributed by atoms with Crippen LogP contribution in [0.2, 0.25) is 0 Å². The number of hydrogen-bond donors (Lipinski definition) is 1. The molecule has 0 amide bonds. The van der Waals surface area contributed by atoms with E-state index >= 15 is 0 Å². The molecular formula is C17H24ClN3O2S. The standard InChI is InChI=1S/C17H23N3O2S.ClH/c1-12-5-6-16(15-4-3-9-19-17(12)15)23(21,22)20-10-7-14(8-11-20)13(2)18;/h3-6,9,13-14H,7-8,10-11,18H2,1-2H3;1H. The van der Waals surface area contributed by atoms with Crippen LogP contribution in [0.15, 0.2) is 35.4 Å². The second kappa shape index (κ2) is 7.35. The third kappa shape index (κ3) is 3.42. The first-order valence-corrected chi connectivity index (χ1v) is 9.45. The van der Waals surface area contributed by atoms with Crippen molar-refractivity contribution in [2.24, 2.45) is 11.7 Å². The lowest BCUT2D eigenvalue weighted by Gasteiger charge is -2.33. The van der Waals surface area contributed by atoms with Gasteiger partial charge in [-0.15, -0.1) is 12.4 Å². The SMILES string of the molecule is Cc1ccc(S(=O)(=O)N2CCC(C(C)N)CC2)c2cccnc12.Cl. The van der Waals surface area contributed by atoms with Crippen LogP contribution < -0.4 is 5.73 Å². The molecule has 2 N–H and O–H groups in total. The minimum atomic E-state index is -3.50. The van der Waals surface area contributed by atoms with Crippen molar-refractivity contribution >= 4 is 33.3 Å². The number of nitrogens with two attached hydrogens (primary N) is 1. The Morgan fingerprint density at radius 2 is 1.92 bits per heavy atom.